The Hall–Kier alpha value is -1.07. The van der Waals surface area contributed by atoms with Crippen molar-refractivity contribution >= 4 is 21.8 Å². The van der Waals surface area contributed by atoms with Gasteiger partial charge in [-0.15, -0.1) is 0 Å². The minimum absolute atomic E-state index is 0.0285. The van der Waals surface area contributed by atoms with Crippen LogP contribution in [-0.4, -0.2) is 29.8 Å². The van der Waals surface area contributed by atoms with Gasteiger partial charge in [-0.3, -0.25) is 4.79 Å². The minimum atomic E-state index is -0.176. The number of ether oxygens (including phenoxy) is 1. The average molecular weight is 328 g/mol. The molecule has 0 aromatic heterocycles. The normalized spacial score (nSPS) is 20.2. The molecule has 0 spiro atoms. The monoisotopic (exact) mass is 327 g/mol. The molecule has 0 aliphatic carbocycles. The quantitative estimate of drug-likeness (QED) is 0.894. The molecule has 0 saturated carbocycles. The largest absolute Gasteiger partial charge is 0.507 e. The molecule has 19 heavy (non-hydrogen) atoms. The topological polar surface area (TPSA) is 58.6 Å². The number of nitrogens with one attached hydrogen (secondary N) is 1. The van der Waals surface area contributed by atoms with Gasteiger partial charge in [-0.2, -0.15) is 0 Å². The molecule has 1 aromatic carbocycles. The fourth-order valence-electron chi connectivity index (χ4n) is 2.28. The Bertz CT molecular complexity index is 458. The third-order valence-electron chi connectivity index (χ3n) is 3.38. The van der Waals surface area contributed by atoms with Gasteiger partial charge < -0.3 is 15.2 Å². The predicted octanol–water partition coefficient (Wildman–Crippen LogP) is 2.84. The Labute approximate surface area is 121 Å². The van der Waals surface area contributed by atoms with Gasteiger partial charge in [-0.1, -0.05) is 6.92 Å². The van der Waals surface area contributed by atoms with Gasteiger partial charge in [0, 0.05) is 12.2 Å². The van der Waals surface area contributed by atoms with Crippen LogP contribution in [0.15, 0.2) is 22.7 Å². The molecule has 1 saturated heterocycles. The van der Waals surface area contributed by atoms with Crippen LogP contribution in [0.25, 0.3) is 0 Å². The van der Waals surface area contributed by atoms with Gasteiger partial charge in [0.15, 0.2) is 0 Å². The second-order valence-electron chi connectivity index (χ2n) is 4.71. The molecule has 2 rings (SSSR count). The SMILES string of the molecule is CC[C@H](NC(=O)c1ccc(Br)c(O)c1)[C@H]1CCCO1. The molecule has 0 unspecified atom stereocenters. The summed E-state index contributed by atoms with van der Waals surface area (Å²) in [5, 5.41) is 12.6. The number of phenols is 1. The smallest absolute Gasteiger partial charge is 0.251 e. The van der Waals surface area contributed by atoms with E-state index in [9.17, 15) is 9.90 Å². The van der Waals surface area contributed by atoms with Gasteiger partial charge >= 0.3 is 0 Å². The molecule has 1 aliphatic heterocycles. The lowest BCUT2D eigenvalue weighted by atomic mass is 10.0. The highest BCUT2D eigenvalue weighted by atomic mass is 79.9. The first-order valence-corrected chi connectivity index (χ1v) is 7.32. The maximum Gasteiger partial charge on any atom is 0.251 e. The lowest BCUT2D eigenvalue weighted by Gasteiger charge is -2.22. The van der Waals surface area contributed by atoms with Crippen LogP contribution in [0.2, 0.25) is 0 Å². The van der Waals surface area contributed by atoms with Crippen molar-refractivity contribution in [1.29, 1.82) is 0 Å². The van der Waals surface area contributed by atoms with E-state index in [0.717, 1.165) is 25.9 Å². The molecule has 104 valence electrons. The van der Waals surface area contributed by atoms with Crippen molar-refractivity contribution in [3.63, 3.8) is 0 Å². The molecule has 4 nitrogen and oxygen atoms in total. The van der Waals surface area contributed by atoms with E-state index in [2.05, 4.69) is 21.2 Å². The van der Waals surface area contributed by atoms with Crippen LogP contribution in [0.3, 0.4) is 0 Å². The summed E-state index contributed by atoms with van der Waals surface area (Å²) in [7, 11) is 0. The zero-order valence-corrected chi connectivity index (χ0v) is 12.4. The van der Waals surface area contributed by atoms with Gasteiger partial charge in [-0.05, 0) is 53.4 Å². The van der Waals surface area contributed by atoms with E-state index < -0.39 is 0 Å². The highest BCUT2D eigenvalue weighted by Crippen LogP contribution is 2.24. The number of amides is 1. The van der Waals surface area contributed by atoms with E-state index in [-0.39, 0.29) is 23.8 Å². The number of aromatic hydroxyl groups is 1. The van der Waals surface area contributed by atoms with E-state index in [1.807, 2.05) is 6.92 Å². The summed E-state index contributed by atoms with van der Waals surface area (Å²) in [6.45, 7) is 2.81. The summed E-state index contributed by atoms with van der Waals surface area (Å²) in [4.78, 5) is 12.1. The maximum absolute atomic E-state index is 12.1. The van der Waals surface area contributed by atoms with Crippen molar-refractivity contribution in [1.82, 2.24) is 5.32 Å². The number of hydrogen-bond acceptors (Lipinski definition) is 3. The second-order valence-corrected chi connectivity index (χ2v) is 5.56. The maximum atomic E-state index is 12.1. The van der Waals surface area contributed by atoms with Crippen molar-refractivity contribution in [2.45, 2.75) is 38.3 Å². The van der Waals surface area contributed by atoms with Crippen LogP contribution in [0.5, 0.6) is 5.75 Å². The van der Waals surface area contributed by atoms with Gasteiger partial charge in [0.05, 0.1) is 16.6 Å². The first-order chi connectivity index (χ1) is 9.11. The summed E-state index contributed by atoms with van der Waals surface area (Å²) < 4.78 is 6.19. The van der Waals surface area contributed by atoms with E-state index >= 15 is 0 Å². The standard InChI is InChI=1S/C14H18BrNO3/c1-2-11(13-4-3-7-19-13)16-14(18)9-5-6-10(15)12(17)8-9/h5-6,8,11,13,17H,2-4,7H2,1H3,(H,16,18)/t11-,13+/m0/s1. The molecule has 1 fully saturated rings. The van der Waals surface area contributed by atoms with E-state index in [1.54, 1.807) is 12.1 Å². The summed E-state index contributed by atoms with van der Waals surface area (Å²) in [6, 6.07) is 4.83. The molecule has 0 radical (unpaired) electrons. The summed E-state index contributed by atoms with van der Waals surface area (Å²) in [5.41, 5.74) is 0.456. The van der Waals surface area contributed by atoms with Crippen LogP contribution in [0.4, 0.5) is 0 Å². The predicted molar refractivity (Wildman–Crippen MR) is 76.3 cm³/mol. The third-order valence-corrected chi connectivity index (χ3v) is 4.05. The number of benzene rings is 1. The molecule has 2 N–H and O–H groups in total. The summed E-state index contributed by atoms with van der Waals surface area (Å²) in [5.74, 6) is -0.108. The lowest BCUT2D eigenvalue weighted by molar-refractivity contribution is 0.0665. The highest BCUT2D eigenvalue weighted by molar-refractivity contribution is 9.10. The van der Waals surface area contributed by atoms with Crippen LogP contribution in [0, 0.1) is 0 Å². The van der Waals surface area contributed by atoms with Crippen LogP contribution in [0.1, 0.15) is 36.5 Å². The average Bonchev–Trinajstić information content (AvgIpc) is 2.92. The van der Waals surface area contributed by atoms with Crippen molar-refractivity contribution in [2.75, 3.05) is 6.61 Å². The summed E-state index contributed by atoms with van der Waals surface area (Å²) in [6.07, 6.45) is 2.98. The van der Waals surface area contributed by atoms with Crippen molar-refractivity contribution < 1.29 is 14.6 Å². The van der Waals surface area contributed by atoms with Gasteiger partial charge in [0.25, 0.3) is 5.91 Å². The molecule has 5 heteroatoms. The first kappa shape index (κ1) is 14.3. The molecule has 1 amide bonds. The van der Waals surface area contributed by atoms with Crippen LogP contribution >= 0.6 is 15.9 Å². The van der Waals surface area contributed by atoms with Crippen molar-refractivity contribution in [2.24, 2.45) is 0 Å². The molecular formula is C14H18BrNO3. The number of phenolic OH excluding ortho intramolecular Hbond substituents is 1. The van der Waals surface area contributed by atoms with E-state index in [0.29, 0.717) is 10.0 Å². The van der Waals surface area contributed by atoms with Gasteiger partial charge in [0.2, 0.25) is 0 Å². The Kier molecular flexibility index (Phi) is 4.82. The minimum Gasteiger partial charge on any atom is -0.507 e. The molecule has 1 aromatic rings. The number of hydrogen-bond donors (Lipinski definition) is 2. The Morgan fingerprint density at radius 1 is 1.63 bits per heavy atom. The fraction of sp³-hybridized carbons (Fsp3) is 0.500. The zero-order chi connectivity index (χ0) is 13.8. The van der Waals surface area contributed by atoms with Crippen molar-refractivity contribution in [3.05, 3.63) is 28.2 Å². The molecule has 1 aliphatic rings. The van der Waals surface area contributed by atoms with Crippen LogP contribution in [-0.2, 0) is 4.74 Å². The number of carbonyl (C=O) groups excluding carboxylic acids is 1. The Morgan fingerprint density at radius 3 is 3.00 bits per heavy atom. The number of halogens is 1. The van der Waals surface area contributed by atoms with E-state index in [4.69, 9.17) is 4.74 Å². The first-order valence-electron chi connectivity index (χ1n) is 6.52. The Balaban J connectivity index is 2.04. The third kappa shape index (κ3) is 3.48. The lowest BCUT2D eigenvalue weighted by Crippen LogP contribution is -2.42. The van der Waals surface area contributed by atoms with Crippen LogP contribution < -0.4 is 5.32 Å². The molecule has 0 bridgehead atoms. The second kappa shape index (κ2) is 6.39. The molecular weight excluding hydrogens is 310 g/mol. The van der Waals surface area contributed by atoms with Crippen molar-refractivity contribution in [3.8, 4) is 5.75 Å². The molecule has 2 atom stereocenters. The number of carbonyl (C=O) groups is 1. The highest BCUT2D eigenvalue weighted by Gasteiger charge is 2.26. The van der Waals surface area contributed by atoms with Gasteiger partial charge in [-0.25, -0.2) is 0 Å². The Morgan fingerprint density at radius 2 is 2.42 bits per heavy atom. The van der Waals surface area contributed by atoms with E-state index in [1.165, 1.54) is 6.07 Å². The molecule has 1 heterocycles. The number of rotatable bonds is 4. The van der Waals surface area contributed by atoms with Gasteiger partial charge in [0.1, 0.15) is 5.75 Å². The summed E-state index contributed by atoms with van der Waals surface area (Å²) >= 11 is 3.20. The zero-order valence-electron chi connectivity index (χ0n) is 10.9. The fourth-order valence-corrected chi connectivity index (χ4v) is 2.53.